The summed E-state index contributed by atoms with van der Waals surface area (Å²) in [7, 11) is 0. The first kappa shape index (κ1) is 17.3. The summed E-state index contributed by atoms with van der Waals surface area (Å²) in [6.07, 6.45) is -1.40. The summed E-state index contributed by atoms with van der Waals surface area (Å²) in [6.45, 7) is 0. The topological polar surface area (TPSA) is 101 Å². The molecule has 0 spiro atoms. The van der Waals surface area contributed by atoms with Crippen LogP contribution in [-0.4, -0.2) is 26.1 Å². The van der Waals surface area contributed by atoms with Gasteiger partial charge in [0.05, 0.1) is 11.8 Å². The van der Waals surface area contributed by atoms with Crippen LogP contribution in [0, 0.1) is 0 Å². The molecular weight excluding hydrogens is 355 g/mol. The molecule has 0 unspecified atom stereocenters. The molecule has 0 aliphatic heterocycles. The van der Waals surface area contributed by atoms with Crippen molar-refractivity contribution in [3.05, 3.63) is 65.9 Å². The quantitative estimate of drug-likeness (QED) is 0.403. The Morgan fingerprint density at radius 3 is 2.81 bits per heavy atom. The van der Waals surface area contributed by atoms with Crippen LogP contribution in [0.2, 0.25) is 0 Å². The number of nitrogens with one attached hydrogen (secondary N) is 1. The maximum absolute atomic E-state index is 12.8. The van der Waals surface area contributed by atoms with E-state index in [1.807, 2.05) is 0 Å². The van der Waals surface area contributed by atoms with Crippen LogP contribution in [0.1, 0.15) is 21.7 Å². The first-order valence-electron chi connectivity index (χ1n) is 7.08. The van der Waals surface area contributed by atoms with E-state index in [1.165, 1.54) is 18.2 Å². The Balaban J connectivity index is 1.84. The fraction of sp³-hybridized carbons (Fsp3) is 0.0625. The number of rotatable bonds is 5. The van der Waals surface area contributed by atoms with Crippen LogP contribution in [0.15, 0.2) is 53.4 Å². The zero-order valence-electron chi connectivity index (χ0n) is 12.8. The van der Waals surface area contributed by atoms with Crippen LogP contribution in [-0.2, 0) is 6.18 Å². The SMILES string of the molecule is O=C(C=C(O)c1ccoc1Oc1cccc(C(F)(F)F)c1)c1ncn[nH]1. The lowest BCUT2D eigenvalue weighted by molar-refractivity contribution is -0.137. The number of hydrogen-bond acceptors (Lipinski definition) is 6. The molecule has 0 fully saturated rings. The van der Waals surface area contributed by atoms with Gasteiger partial charge < -0.3 is 14.3 Å². The molecule has 0 bridgehead atoms. The Morgan fingerprint density at radius 2 is 2.12 bits per heavy atom. The van der Waals surface area contributed by atoms with Gasteiger partial charge >= 0.3 is 12.1 Å². The Hall–Kier alpha value is -3.56. The van der Waals surface area contributed by atoms with Gasteiger partial charge in [0.25, 0.3) is 0 Å². The Bertz CT molecular complexity index is 946. The van der Waals surface area contributed by atoms with Gasteiger partial charge in [-0.2, -0.15) is 18.3 Å². The number of allylic oxidation sites excluding steroid dienone is 1. The first-order valence-corrected chi connectivity index (χ1v) is 7.08. The van der Waals surface area contributed by atoms with Crippen LogP contribution < -0.4 is 4.74 Å². The third-order valence-corrected chi connectivity index (χ3v) is 3.19. The predicted octanol–water partition coefficient (Wildman–Crippen LogP) is 3.99. The second-order valence-corrected chi connectivity index (χ2v) is 4.98. The molecule has 0 atom stereocenters. The number of benzene rings is 1. The average Bonchev–Trinajstić information content (AvgIpc) is 3.26. The number of aromatic nitrogens is 3. The van der Waals surface area contributed by atoms with Gasteiger partial charge in [-0.25, -0.2) is 4.98 Å². The van der Waals surface area contributed by atoms with E-state index >= 15 is 0 Å². The Kier molecular flexibility index (Phi) is 4.48. The standard InChI is InChI=1S/C16H10F3N3O4/c17-16(18,19)9-2-1-3-10(6-9)26-15-11(4-5-25-15)12(23)7-13(24)14-20-8-21-22-14/h1-8,23H,(H,20,21,22). The van der Waals surface area contributed by atoms with Crippen molar-refractivity contribution in [2.75, 3.05) is 0 Å². The van der Waals surface area contributed by atoms with Crippen molar-refractivity contribution in [2.45, 2.75) is 6.18 Å². The van der Waals surface area contributed by atoms with Crippen molar-refractivity contribution in [3.8, 4) is 11.7 Å². The molecule has 0 aliphatic rings. The number of aliphatic hydroxyl groups is 1. The lowest BCUT2D eigenvalue weighted by atomic mass is 10.2. The normalized spacial score (nSPS) is 12.2. The number of carbonyl (C=O) groups excluding carboxylic acids is 1. The van der Waals surface area contributed by atoms with Gasteiger partial charge in [-0.1, -0.05) is 6.07 Å². The first-order chi connectivity index (χ1) is 12.3. The fourth-order valence-electron chi connectivity index (χ4n) is 2.00. The minimum atomic E-state index is -4.53. The van der Waals surface area contributed by atoms with Gasteiger partial charge in [-0.3, -0.25) is 9.89 Å². The second-order valence-electron chi connectivity index (χ2n) is 4.98. The number of carbonyl (C=O) groups is 1. The largest absolute Gasteiger partial charge is 0.507 e. The monoisotopic (exact) mass is 365 g/mol. The predicted molar refractivity (Wildman–Crippen MR) is 81.5 cm³/mol. The van der Waals surface area contributed by atoms with E-state index in [0.717, 1.165) is 30.8 Å². The summed E-state index contributed by atoms with van der Waals surface area (Å²) in [5.41, 5.74) is -0.918. The van der Waals surface area contributed by atoms with Crippen LogP contribution >= 0.6 is 0 Å². The molecule has 3 aromatic rings. The van der Waals surface area contributed by atoms with E-state index in [1.54, 1.807) is 0 Å². The molecule has 2 heterocycles. The minimum absolute atomic E-state index is 0.0183. The molecule has 134 valence electrons. The number of hydrogen-bond donors (Lipinski definition) is 2. The van der Waals surface area contributed by atoms with Gasteiger partial charge in [0, 0.05) is 6.08 Å². The summed E-state index contributed by atoms with van der Waals surface area (Å²) >= 11 is 0. The number of ketones is 1. The maximum Gasteiger partial charge on any atom is 0.416 e. The van der Waals surface area contributed by atoms with Crippen molar-refractivity contribution in [3.63, 3.8) is 0 Å². The van der Waals surface area contributed by atoms with E-state index in [2.05, 4.69) is 15.2 Å². The Morgan fingerprint density at radius 1 is 1.31 bits per heavy atom. The van der Waals surface area contributed by atoms with E-state index in [-0.39, 0.29) is 23.1 Å². The number of ether oxygens (including phenoxy) is 1. The number of alkyl halides is 3. The highest BCUT2D eigenvalue weighted by Gasteiger charge is 2.30. The van der Waals surface area contributed by atoms with Crippen LogP contribution in [0.5, 0.6) is 11.7 Å². The maximum atomic E-state index is 12.8. The number of nitrogens with zero attached hydrogens (tertiary/aromatic N) is 2. The molecule has 0 amide bonds. The number of halogens is 3. The summed E-state index contributed by atoms with van der Waals surface area (Å²) in [5, 5.41) is 15.9. The molecule has 26 heavy (non-hydrogen) atoms. The van der Waals surface area contributed by atoms with E-state index in [0.29, 0.717) is 0 Å². The minimum Gasteiger partial charge on any atom is -0.507 e. The van der Waals surface area contributed by atoms with Gasteiger partial charge in [0.15, 0.2) is 5.82 Å². The van der Waals surface area contributed by atoms with Gasteiger partial charge in [-0.05, 0) is 24.3 Å². The zero-order chi connectivity index (χ0) is 18.7. The highest BCUT2D eigenvalue weighted by atomic mass is 19.4. The summed E-state index contributed by atoms with van der Waals surface area (Å²) in [6, 6.07) is 5.43. The fourth-order valence-corrected chi connectivity index (χ4v) is 2.00. The van der Waals surface area contributed by atoms with Crippen LogP contribution in [0.25, 0.3) is 5.76 Å². The van der Waals surface area contributed by atoms with Crippen molar-refractivity contribution in [2.24, 2.45) is 0 Å². The molecule has 10 heteroatoms. The van der Waals surface area contributed by atoms with Gasteiger partial charge in [0.1, 0.15) is 23.4 Å². The molecule has 0 saturated carbocycles. The van der Waals surface area contributed by atoms with E-state index in [4.69, 9.17) is 9.15 Å². The summed E-state index contributed by atoms with van der Waals surface area (Å²) in [4.78, 5) is 15.5. The van der Waals surface area contributed by atoms with Gasteiger partial charge in [-0.15, -0.1) is 0 Å². The second kappa shape index (κ2) is 6.75. The molecule has 0 saturated heterocycles. The molecule has 2 aromatic heterocycles. The smallest absolute Gasteiger partial charge is 0.416 e. The van der Waals surface area contributed by atoms with Crippen molar-refractivity contribution in [1.82, 2.24) is 15.2 Å². The molecule has 7 nitrogen and oxygen atoms in total. The van der Waals surface area contributed by atoms with Crippen LogP contribution in [0.4, 0.5) is 13.2 Å². The van der Waals surface area contributed by atoms with Crippen molar-refractivity contribution in [1.29, 1.82) is 0 Å². The highest BCUT2D eigenvalue weighted by molar-refractivity contribution is 6.05. The number of aliphatic hydroxyl groups excluding tert-OH is 1. The number of H-pyrrole nitrogens is 1. The van der Waals surface area contributed by atoms with Gasteiger partial charge in [0.2, 0.25) is 5.78 Å². The van der Waals surface area contributed by atoms with Crippen molar-refractivity contribution >= 4 is 11.5 Å². The average molecular weight is 365 g/mol. The number of furan rings is 1. The Labute approximate surface area is 143 Å². The molecule has 0 radical (unpaired) electrons. The highest BCUT2D eigenvalue weighted by Crippen LogP contribution is 2.35. The van der Waals surface area contributed by atoms with Crippen molar-refractivity contribution < 1.29 is 32.2 Å². The van der Waals surface area contributed by atoms with E-state index in [9.17, 15) is 23.1 Å². The molecule has 1 aromatic carbocycles. The molecular formula is C16H10F3N3O4. The van der Waals surface area contributed by atoms with Crippen LogP contribution in [0.3, 0.4) is 0 Å². The molecule has 0 aliphatic carbocycles. The molecule has 2 N–H and O–H groups in total. The zero-order valence-corrected chi connectivity index (χ0v) is 12.8. The number of aromatic amines is 1. The third kappa shape index (κ3) is 3.74. The lowest BCUT2D eigenvalue weighted by Gasteiger charge is -2.09. The summed E-state index contributed by atoms with van der Waals surface area (Å²) < 4.78 is 48.6. The summed E-state index contributed by atoms with van der Waals surface area (Å²) in [5.74, 6) is -1.69. The molecule has 3 rings (SSSR count). The lowest BCUT2D eigenvalue weighted by Crippen LogP contribution is -2.04. The van der Waals surface area contributed by atoms with E-state index < -0.39 is 23.3 Å². The third-order valence-electron chi connectivity index (χ3n) is 3.19.